The summed E-state index contributed by atoms with van der Waals surface area (Å²) in [5.74, 6) is 0.248. The standard InChI is InChI=1S/C16H17FN2O2/c17-16(6-7-16)15(20)19-14-9-18-13-5-4-11(8-12(13)14)21-10-2-1-3-10/h4-5,8-10,18H,1-3,6-7H2,(H,19,20). The SMILES string of the molecule is O=C(Nc1c[nH]c2ccc(OC3CCC3)cc12)C1(F)CC1. The Labute approximate surface area is 121 Å². The number of ether oxygens (including phenoxy) is 1. The zero-order chi connectivity index (χ0) is 14.4. The van der Waals surface area contributed by atoms with Crippen LogP contribution in [0.3, 0.4) is 0 Å². The van der Waals surface area contributed by atoms with E-state index >= 15 is 0 Å². The maximum absolute atomic E-state index is 13.7. The van der Waals surface area contributed by atoms with Crippen molar-refractivity contribution in [1.29, 1.82) is 0 Å². The first kappa shape index (κ1) is 12.7. The van der Waals surface area contributed by atoms with Gasteiger partial charge in [0.15, 0.2) is 5.67 Å². The van der Waals surface area contributed by atoms with E-state index in [4.69, 9.17) is 4.74 Å². The summed E-state index contributed by atoms with van der Waals surface area (Å²) in [6, 6.07) is 5.74. The Morgan fingerprint density at radius 1 is 1.38 bits per heavy atom. The molecule has 2 fully saturated rings. The van der Waals surface area contributed by atoms with Crippen LogP contribution in [0.15, 0.2) is 24.4 Å². The summed E-state index contributed by atoms with van der Waals surface area (Å²) in [6.45, 7) is 0. The molecule has 0 spiro atoms. The van der Waals surface area contributed by atoms with Gasteiger partial charge in [-0.1, -0.05) is 0 Å². The third-order valence-electron chi connectivity index (χ3n) is 4.35. The van der Waals surface area contributed by atoms with Gasteiger partial charge >= 0.3 is 0 Å². The molecule has 4 rings (SSSR count). The number of alkyl halides is 1. The topological polar surface area (TPSA) is 54.1 Å². The average molecular weight is 288 g/mol. The van der Waals surface area contributed by atoms with Gasteiger partial charge < -0.3 is 15.0 Å². The Morgan fingerprint density at radius 3 is 2.86 bits per heavy atom. The second kappa shape index (κ2) is 4.48. The highest BCUT2D eigenvalue weighted by atomic mass is 19.1. The van der Waals surface area contributed by atoms with E-state index in [0.717, 1.165) is 29.5 Å². The molecule has 0 saturated heterocycles. The van der Waals surface area contributed by atoms with Gasteiger partial charge in [-0.3, -0.25) is 4.79 Å². The molecule has 1 heterocycles. The van der Waals surface area contributed by atoms with Crippen molar-refractivity contribution in [3.8, 4) is 5.75 Å². The van der Waals surface area contributed by atoms with Gasteiger partial charge in [0.2, 0.25) is 0 Å². The number of fused-ring (bicyclic) bond motifs is 1. The smallest absolute Gasteiger partial charge is 0.262 e. The van der Waals surface area contributed by atoms with Gasteiger partial charge in [-0.05, 0) is 50.3 Å². The highest BCUT2D eigenvalue weighted by Gasteiger charge is 2.51. The molecule has 0 bridgehead atoms. The van der Waals surface area contributed by atoms with Crippen LogP contribution in [0.2, 0.25) is 0 Å². The predicted molar refractivity (Wildman–Crippen MR) is 78.3 cm³/mol. The number of rotatable bonds is 4. The van der Waals surface area contributed by atoms with Crippen molar-refractivity contribution in [2.75, 3.05) is 5.32 Å². The maximum Gasteiger partial charge on any atom is 0.262 e. The number of aromatic nitrogens is 1. The van der Waals surface area contributed by atoms with Crippen molar-refractivity contribution >= 4 is 22.5 Å². The Morgan fingerprint density at radius 2 is 2.19 bits per heavy atom. The Hall–Kier alpha value is -2.04. The Kier molecular flexibility index (Phi) is 2.71. The number of halogens is 1. The van der Waals surface area contributed by atoms with E-state index in [9.17, 15) is 9.18 Å². The lowest BCUT2D eigenvalue weighted by molar-refractivity contribution is -0.122. The van der Waals surface area contributed by atoms with Gasteiger partial charge in [-0.2, -0.15) is 0 Å². The van der Waals surface area contributed by atoms with Crippen molar-refractivity contribution in [3.63, 3.8) is 0 Å². The molecule has 21 heavy (non-hydrogen) atoms. The fraction of sp³-hybridized carbons (Fsp3) is 0.438. The number of H-pyrrole nitrogens is 1. The molecule has 1 aromatic carbocycles. The maximum atomic E-state index is 13.7. The molecular formula is C16H17FN2O2. The van der Waals surface area contributed by atoms with Gasteiger partial charge in [-0.25, -0.2) is 4.39 Å². The van der Waals surface area contributed by atoms with E-state index in [1.807, 2.05) is 18.2 Å². The largest absolute Gasteiger partial charge is 0.490 e. The molecule has 2 aliphatic carbocycles. The molecule has 2 aliphatic rings. The molecule has 2 N–H and O–H groups in total. The fourth-order valence-electron chi connectivity index (χ4n) is 2.53. The van der Waals surface area contributed by atoms with Crippen LogP contribution in [0.5, 0.6) is 5.75 Å². The monoisotopic (exact) mass is 288 g/mol. The van der Waals surface area contributed by atoms with Crippen LogP contribution in [-0.2, 0) is 4.79 Å². The van der Waals surface area contributed by atoms with Crippen molar-refractivity contribution in [2.45, 2.75) is 43.9 Å². The number of nitrogens with one attached hydrogen (secondary N) is 2. The van der Waals surface area contributed by atoms with Crippen molar-refractivity contribution in [3.05, 3.63) is 24.4 Å². The quantitative estimate of drug-likeness (QED) is 0.904. The molecule has 0 aliphatic heterocycles. The molecule has 0 unspecified atom stereocenters. The van der Waals surface area contributed by atoms with Crippen molar-refractivity contribution < 1.29 is 13.9 Å². The number of hydrogen-bond acceptors (Lipinski definition) is 2. The summed E-state index contributed by atoms with van der Waals surface area (Å²) in [4.78, 5) is 14.9. The first-order valence-corrected chi connectivity index (χ1v) is 7.42. The number of amides is 1. The minimum Gasteiger partial charge on any atom is -0.490 e. The molecule has 2 saturated carbocycles. The van der Waals surface area contributed by atoms with Crippen LogP contribution in [0.4, 0.5) is 10.1 Å². The summed E-state index contributed by atoms with van der Waals surface area (Å²) in [5, 5.41) is 3.53. The Bertz CT molecular complexity index is 701. The predicted octanol–water partition coefficient (Wildman–Crippen LogP) is 3.54. The first-order chi connectivity index (χ1) is 10.1. The van der Waals surface area contributed by atoms with E-state index in [1.165, 1.54) is 6.42 Å². The molecule has 5 heteroatoms. The van der Waals surface area contributed by atoms with E-state index in [2.05, 4.69) is 10.3 Å². The molecule has 0 atom stereocenters. The van der Waals surface area contributed by atoms with Crippen LogP contribution >= 0.6 is 0 Å². The third-order valence-corrected chi connectivity index (χ3v) is 4.35. The Balaban J connectivity index is 1.59. The summed E-state index contributed by atoms with van der Waals surface area (Å²) in [6.07, 6.45) is 6.05. The normalized spacial score (nSPS) is 20.0. The molecule has 2 aromatic rings. The lowest BCUT2D eigenvalue weighted by Crippen LogP contribution is -2.25. The second-order valence-corrected chi connectivity index (χ2v) is 6.00. The first-order valence-electron chi connectivity index (χ1n) is 7.42. The van der Waals surface area contributed by atoms with Gasteiger partial charge in [-0.15, -0.1) is 0 Å². The minimum atomic E-state index is -1.66. The molecular weight excluding hydrogens is 271 g/mol. The molecule has 1 aromatic heterocycles. The number of hydrogen-bond donors (Lipinski definition) is 2. The van der Waals surface area contributed by atoms with E-state index < -0.39 is 11.6 Å². The van der Waals surface area contributed by atoms with Gasteiger partial charge in [0.1, 0.15) is 5.75 Å². The molecule has 1 amide bonds. The van der Waals surface area contributed by atoms with Crippen molar-refractivity contribution in [1.82, 2.24) is 4.98 Å². The lowest BCUT2D eigenvalue weighted by Gasteiger charge is -2.26. The zero-order valence-electron chi connectivity index (χ0n) is 11.6. The zero-order valence-corrected chi connectivity index (χ0v) is 11.6. The van der Waals surface area contributed by atoms with E-state index in [1.54, 1.807) is 6.20 Å². The number of benzene rings is 1. The van der Waals surface area contributed by atoms with Crippen LogP contribution < -0.4 is 10.1 Å². The molecule has 4 nitrogen and oxygen atoms in total. The van der Waals surface area contributed by atoms with Crippen LogP contribution in [0, 0.1) is 0 Å². The average Bonchev–Trinajstić information content (AvgIpc) is 3.07. The van der Waals surface area contributed by atoms with Crippen LogP contribution in [0.25, 0.3) is 10.9 Å². The van der Waals surface area contributed by atoms with Gasteiger partial charge in [0, 0.05) is 17.1 Å². The van der Waals surface area contributed by atoms with Gasteiger partial charge in [0.25, 0.3) is 5.91 Å². The van der Waals surface area contributed by atoms with E-state index in [0.29, 0.717) is 24.6 Å². The summed E-state index contributed by atoms with van der Waals surface area (Å²) in [5.41, 5.74) is -0.156. The summed E-state index contributed by atoms with van der Waals surface area (Å²) >= 11 is 0. The lowest BCUT2D eigenvalue weighted by atomic mass is 9.96. The van der Waals surface area contributed by atoms with Gasteiger partial charge in [0.05, 0.1) is 11.8 Å². The van der Waals surface area contributed by atoms with Crippen LogP contribution in [0.1, 0.15) is 32.1 Å². The second-order valence-electron chi connectivity index (χ2n) is 6.00. The van der Waals surface area contributed by atoms with Crippen molar-refractivity contribution in [2.24, 2.45) is 0 Å². The molecule has 110 valence electrons. The number of aromatic amines is 1. The number of carbonyl (C=O) groups is 1. The minimum absolute atomic E-state index is 0.306. The van der Waals surface area contributed by atoms with Crippen LogP contribution in [-0.4, -0.2) is 22.7 Å². The van der Waals surface area contributed by atoms with E-state index in [-0.39, 0.29) is 0 Å². The number of anilines is 1. The fourth-order valence-corrected chi connectivity index (χ4v) is 2.53. The summed E-state index contributed by atoms with van der Waals surface area (Å²) in [7, 11) is 0. The number of carbonyl (C=O) groups excluding carboxylic acids is 1. The molecule has 0 radical (unpaired) electrons. The summed E-state index contributed by atoms with van der Waals surface area (Å²) < 4.78 is 19.6. The highest BCUT2D eigenvalue weighted by molar-refractivity contribution is 6.06. The highest BCUT2D eigenvalue weighted by Crippen LogP contribution is 2.41. The third kappa shape index (κ3) is 2.26.